The first-order chi connectivity index (χ1) is 13.0. The van der Waals surface area contributed by atoms with Crippen LogP contribution in [0.3, 0.4) is 0 Å². The second-order valence-corrected chi connectivity index (χ2v) is 6.30. The lowest BCUT2D eigenvalue weighted by Gasteiger charge is -2.35. The highest BCUT2D eigenvalue weighted by Gasteiger charge is 2.22. The number of benzene rings is 1. The Bertz CT molecular complexity index is 702. The topological polar surface area (TPSA) is 87.1 Å². The zero-order valence-corrected chi connectivity index (χ0v) is 16.6. The Morgan fingerprint density at radius 2 is 1.74 bits per heavy atom. The number of thiocarbonyl (C=S) groups is 1. The Balaban J connectivity index is 2.01. The maximum Gasteiger partial charge on any atom is 0.257 e. The van der Waals surface area contributed by atoms with E-state index in [0.717, 1.165) is 19.6 Å². The van der Waals surface area contributed by atoms with Crippen molar-refractivity contribution in [3.8, 4) is 23.3 Å². The molecule has 8 nitrogen and oxygen atoms in total. The number of nitrogens with one attached hydrogen (secondary N) is 1. The van der Waals surface area contributed by atoms with Crippen molar-refractivity contribution in [2.45, 2.75) is 6.42 Å². The van der Waals surface area contributed by atoms with Gasteiger partial charge in [-0.1, -0.05) is 0 Å². The molecule has 0 saturated carbocycles. The number of carbonyl (C=O) groups excluding carboxylic acids is 1. The molecule has 9 heteroatoms. The third-order valence-electron chi connectivity index (χ3n) is 4.35. The Kier molecular flexibility index (Phi) is 7.64. The van der Waals surface area contributed by atoms with Crippen LogP contribution in [0.15, 0.2) is 12.1 Å². The molecule has 1 saturated heterocycles. The lowest BCUT2D eigenvalue weighted by molar-refractivity contribution is 0.0969. The second-order valence-electron chi connectivity index (χ2n) is 5.91. The molecule has 0 unspecified atom stereocenters. The first-order valence-corrected chi connectivity index (χ1v) is 8.94. The number of hydrogen-bond acceptors (Lipinski definition) is 7. The molecule has 1 amide bonds. The lowest BCUT2D eigenvalue weighted by atomic mass is 10.1. The van der Waals surface area contributed by atoms with E-state index in [1.54, 1.807) is 12.1 Å². The molecular formula is C18H24N4O4S. The highest BCUT2D eigenvalue weighted by atomic mass is 32.1. The van der Waals surface area contributed by atoms with E-state index in [1.807, 2.05) is 4.90 Å². The molecule has 1 aliphatic rings. The molecule has 1 aromatic rings. The quantitative estimate of drug-likeness (QED) is 0.724. The standard InChI is InChI=1S/C18H24N4O4S/c1-24-14-11-13(12-15(25-2)16(14)26-3)17(23)20-18(27)22-9-7-21(8-10-22)6-4-5-19/h11-12H,4,6-10H2,1-3H3,(H,20,23,27). The number of piperazine rings is 1. The van der Waals surface area contributed by atoms with E-state index < -0.39 is 0 Å². The van der Waals surface area contributed by atoms with Crippen LogP contribution in [0, 0.1) is 11.3 Å². The zero-order chi connectivity index (χ0) is 19.8. The Morgan fingerprint density at radius 3 is 2.22 bits per heavy atom. The number of rotatable bonds is 6. The summed E-state index contributed by atoms with van der Waals surface area (Å²) in [6.07, 6.45) is 0.516. The summed E-state index contributed by atoms with van der Waals surface area (Å²) in [7, 11) is 4.50. The first kappa shape index (κ1) is 20.7. The highest BCUT2D eigenvalue weighted by molar-refractivity contribution is 7.80. The van der Waals surface area contributed by atoms with Crippen molar-refractivity contribution >= 4 is 23.2 Å². The highest BCUT2D eigenvalue weighted by Crippen LogP contribution is 2.38. The van der Waals surface area contributed by atoms with Gasteiger partial charge in [0.1, 0.15) is 0 Å². The molecule has 1 aromatic carbocycles. The van der Waals surface area contributed by atoms with E-state index in [4.69, 9.17) is 31.7 Å². The molecule has 2 rings (SSSR count). The number of carbonyl (C=O) groups is 1. The van der Waals surface area contributed by atoms with Gasteiger partial charge in [-0.05, 0) is 24.4 Å². The summed E-state index contributed by atoms with van der Waals surface area (Å²) < 4.78 is 15.8. The third-order valence-corrected chi connectivity index (χ3v) is 4.71. The number of ether oxygens (including phenoxy) is 3. The molecule has 1 N–H and O–H groups in total. The molecule has 0 bridgehead atoms. The smallest absolute Gasteiger partial charge is 0.257 e. The van der Waals surface area contributed by atoms with Gasteiger partial charge in [0.15, 0.2) is 16.6 Å². The largest absolute Gasteiger partial charge is 0.493 e. The second kappa shape index (κ2) is 9.94. The van der Waals surface area contributed by atoms with Crippen LogP contribution in [-0.2, 0) is 0 Å². The molecular weight excluding hydrogens is 368 g/mol. The van der Waals surface area contributed by atoms with Gasteiger partial charge >= 0.3 is 0 Å². The first-order valence-electron chi connectivity index (χ1n) is 8.53. The SMILES string of the molecule is COc1cc(C(=O)NC(=S)N2CCN(CCC#N)CC2)cc(OC)c1OC. The van der Waals surface area contributed by atoms with Gasteiger partial charge in [-0.25, -0.2) is 0 Å². The third kappa shape index (κ3) is 5.21. The maximum atomic E-state index is 12.6. The molecule has 0 spiro atoms. The summed E-state index contributed by atoms with van der Waals surface area (Å²) in [4.78, 5) is 16.8. The maximum absolute atomic E-state index is 12.6. The van der Waals surface area contributed by atoms with Gasteiger partial charge in [-0.3, -0.25) is 15.0 Å². The average molecular weight is 392 g/mol. The summed E-state index contributed by atoms with van der Waals surface area (Å²) in [6.45, 7) is 3.79. The fourth-order valence-electron chi connectivity index (χ4n) is 2.84. The summed E-state index contributed by atoms with van der Waals surface area (Å²) >= 11 is 5.38. The van der Waals surface area contributed by atoms with Crippen molar-refractivity contribution in [2.24, 2.45) is 0 Å². The van der Waals surface area contributed by atoms with Crippen molar-refractivity contribution in [3.05, 3.63) is 17.7 Å². The average Bonchev–Trinajstić information content (AvgIpc) is 2.71. The Morgan fingerprint density at radius 1 is 1.15 bits per heavy atom. The number of amides is 1. The van der Waals surface area contributed by atoms with Crippen molar-refractivity contribution in [1.29, 1.82) is 5.26 Å². The van der Waals surface area contributed by atoms with Crippen LogP contribution in [0.5, 0.6) is 17.2 Å². The molecule has 27 heavy (non-hydrogen) atoms. The molecule has 0 aromatic heterocycles. The van der Waals surface area contributed by atoms with E-state index in [2.05, 4.69) is 16.3 Å². The van der Waals surface area contributed by atoms with Gasteiger partial charge in [0.25, 0.3) is 5.91 Å². The number of nitriles is 1. The van der Waals surface area contributed by atoms with Crippen LogP contribution in [-0.4, -0.2) is 74.9 Å². The van der Waals surface area contributed by atoms with Gasteiger partial charge in [-0.15, -0.1) is 0 Å². The van der Waals surface area contributed by atoms with Gasteiger partial charge < -0.3 is 19.1 Å². The minimum Gasteiger partial charge on any atom is -0.493 e. The van der Waals surface area contributed by atoms with Gasteiger partial charge in [0.05, 0.1) is 27.4 Å². The minimum atomic E-state index is -0.342. The molecule has 1 fully saturated rings. The summed E-state index contributed by atoms with van der Waals surface area (Å²) in [5.41, 5.74) is 0.361. The van der Waals surface area contributed by atoms with Crippen LogP contribution in [0.1, 0.15) is 16.8 Å². The molecule has 1 heterocycles. The van der Waals surface area contributed by atoms with Gasteiger partial charge in [0, 0.05) is 44.7 Å². The Labute approximate surface area is 164 Å². The fourth-order valence-corrected chi connectivity index (χ4v) is 3.12. The monoisotopic (exact) mass is 392 g/mol. The van der Waals surface area contributed by atoms with Crippen LogP contribution >= 0.6 is 12.2 Å². The van der Waals surface area contributed by atoms with E-state index >= 15 is 0 Å². The van der Waals surface area contributed by atoms with Gasteiger partial charge in [-0.2, -0.15) is 5.26 Å². The van der Waals surface area contributed by atoms with Crippen molar-refractivity contribution in [1.82, 2.24) is 15.1 Å². The summed E-state index contributed by atoms with van der Waals surface area (Å²) in [5.74, 6) is 0.886. The molecule has 0 aliphatic carbocycles. The molecule has 0 radical (unpaired) electrons. The van der Waals surface area contributed by atoms with Gasteiger partial charge in [0.2, 0.25) is 5.75 Å². The normalized spacial score (nSPS) is 14.2. The van der Waals surface area contributed by atoms with Crippen LogP contribution < -0.4 is 19.5 Å². The fraction of sp³-hybridized carbons (Fsp3) is 0.500. The van der Waals surface area contributed by atoms with E-state index in [0.29, 0.717) is 47.4 Å². The lowest BCUT2D eigenvalue weighted by Crippen LogP contribution is -2.52. The van der Waals surface area contributed by atoms with Crippen molar-refractivity contribution in [2.75, 3.05) is 54.1 Å². The van der Waals surface area contributed by atoms with Crippen LogP contribution in [0.2, 0.25) is 0 Å². The summed E-state index contributed by atoms with van der Waals surface area (Å²) in [6, 6.07) is 5.32. The zero-order valence-electron chi connectivity index (χ0n) is 15.8. The number of hydrogen-bond donors (Lipinski definition) is 1. The molecule has 146 valence electrons. The van der Waals surface area contributed by atoms with E-state index in [9.17, 15) is 4.79 Å². The van der Waals surface area contributed by atoms with Crippen LogP contribution in [0.4, 0.5) is 0 Å². The number of methoxy groups -OCH3 is 3. The Hall–Kier alpha value is -2.57. The van der Waals surface area contributed by atoms with E-state index in [-0.39, 0.29) is 5.91 Å². The minimum absolute atomic E-state index is 0.342. The predicted molar refractivity (Wildman–Crippen MR) is 104 cm³/mol. The van der Waals surface area contributed by atoms with E-state index in [1.165, 1.54) is 21.3 Å². The number of nitrogens with zero attached hydrogens (tertiary/aromatic N) is 3. The summed E-state index contributed by atoms with van der Waals surface area (Å²) in [5, 5.41) is 11.8. The van der Waals surface area contributed by atoms with Crippen molar-refractivity contribution in [3.63, 3.8) is 0 Å². The van der Waals surface area contributed by atoms with Crippen molar-refractivity contribution < 1.29 is 19.0 Å². The predicted octanol–water partition coefficient (Wildman–Crippen LogP) is 1.26. The van der Waals surface area contributed by atoms with Crippen LogP contribution in [0.25, 0.3) is 0 Å². The molecule has 1 aliphatic heterocycles. The molecule has 0 atom stereocenters.